The van der Waals surface area contributed by atoms with Crippen LogP contribution in [0.5, 0.6) is 0 Å². The minimum absolute atomic E-state index is 0.00431. The first-order valence-corrected chi connectivity index (χ1v) is 7.48. The molecule has 0 aromatic rings. The van der Waals surface area contributed by atoms with E-state index in [1.54, 1.807) is 0 Å². The second-order valence-corrected chi connectivity index (χ2v) is 7.87. The third kappa shape index (κ3) is 4.21. The van der Waals surface area contributed by atoms with E-state index in [9.17, 15) is 8.42 Å². The molecule has 0 aromatic heterocycles. The molecule has 102 valence electrons. The Labute approximate surface area is 104 Å². The minimum atomic E-state index is -3.29. The summed E-state index contributed by atoms with van der Waals surface area (Å²) < 4.78 is 31.5. The van der Waals surface area contributed by atoms with E-state index in [4.69, 9.17) is 9.84 Å². The number of morpholine rings is 1. The van der Waals surface area contributed by atoms with Crippen LogP contribution in [0.25, 0.3) is 0 Å². The molecule has 0 bridgehead atoms. The van der Waals surface area contributed by atoms with Gasteiger partial charge in [-0.1, -0.05) is 0 Å². The van der Waals surface area contributed by atoms with E-state index >= 15 is 0 Å². The van der Waals surface area contributed by atoms with Gasteiger partial charge in [-0.2, -0.15) is 4.31 Å². The van der Waals surface area contributed by atoms with Gasteiger partial charge in [-0.05, 0) is 34.1 Å². The zero-order chi connectivity index (χ0) is 13.3. The zero-order valence-corrected chi connectivity index (χ0v) is 11.9. The third-order valence-electron chi connectivity index (χ3n) is 2.62. The Morgan fingerprint density at radius 1 is 1.18 bits per heavy atom. The summed E-state index contributed by atoms with van der Waals surface area (Å²) in [5.74, 6) is -0.00431. The molecule has 0 radical (unpaired) electrons. The molecule has 1 rings (SSSR count). The van der Waals surface area contributed by atoms with Crippen molar-refractivity contribution < 1.29 is 18.3 Å². The number of hydrogen-bond donors (Lipinski definition) is 1. The molecule has 0 aliphatic carbocycles. The first-order chi connectivity index (χ1) is 7.58. The molecule has 0 aromatic carbocycles. The van der Waals surface area contributed by atoms with Crippen LogP contribution in [0.2, 0.25) is 0 Å². The summed E-state index contributed by atoms with van der Waals surface area (Å²) in [6, 6.07) is 0. The van der Waals surface area contributed by atoms with Gasteiger partial charge in [-0.25, -0.2) is 8.42 Å². The van der Waals surface area contributed by atoms with Crippen molar-refractivity contribution in [2.45, 2.75) is 45.3 Å². The molecule has 1 saturated heterocycles. The predicted molar refractivity (Wildman–Crippen MR) is 66.3 cm³/mol. The van der Waals surface area contributed by atoms with Crippen LogP contribution < -0.4 is 0 Å². The molecular weight excluding hydrogens is 242 g/mol. The number of aliphatic hydroxyl groups is 1. The largest absolute Gasteiger partial charge is 0.396 e. The van der Waals surface area contributed by atoms with Crippen LogP contribution in [-0.2, 0) is 14.8 Å². The predicted octanol–water partition coefficient (Wildman–Crippen LogP) is 0.588. The first-order valence-electron chi connectivity index (χ1n) is 5.87. The second-order valence-electron chi connectivity index (χ2n) is 5.78. The average molecular weight is 265 g/mol. The fraction of sp³-hybridized carbons (Fsp3) is 1.00. The van der Waals surface area contributed by atoms with Crippen molar-refractivity contribution in [3.8, 4) is 0 Å². The molecule has 0 spiro atoms. The monoisotopic (exact) mass is 265 g/mol. The first kappa shape index (κ1) is 14.9. The molecule has 6 heteroatoms. The van der Waals surface area contributed by atoms with E-state index in [2.05, 4.69) is 0 Å². The molecule has 1 fully saturated rings. The standard InChI is InChI=1S/C11H23NO4S/c1-10(2)8-12(9-11(3,4)16-10)17(14,15)7-5-6-13/h13H,5-9H2,1-4H3. The number of aliphatic hydroxyl groups excluding tert-OH is 1. The maximum atomic E-state index is 12.1. The Balaban J connectivity index is 2.84. The Bertz CT molecular complexity index is 346. The number of ether oxygens (including phenoxy) is 1. The molecule has 0 amide bonds. The van der Waals surface area contributed by atoms with Gasteiger partial charge in [0.1, 0.15) is 0 Å². The highest BCUT2D eigenvalue weighted by molar-refractivity contribution is 7.89. The number of hydrogen-bond acceptors (Lipinski definition) is 4. The molecule has 1 aliphatic heterocycles. The Morgan fingerprint density at radius 2 is 1.65 bits per heavy atom. The van der Waals surface area contributed by atoms with Gasteiger partial charge in [0.15, 0.2) is 0 Å². The molecule has 0 saturated carbocycles. The van der Waals surface area contributed by atoms with E-state index in [-0.39, 0.29) is 18.8 Å². The van der Waals surface area contributed by atoms with Crippen LogP contribution in [0.1, 0.15) is 34.1 Å². The molecule has 1 aliphatic rings. The van der Waals surface area contributed by atoms with Crippen LogP contribution in [0, 0.1) is 0 Å². The third-order valence-corrected chi connectivity index (χ3v) is 4.47. The lowest BCUT2D eigenvalue weighted by molar-refractivity contribution is -0.163. The Hall–Kier alpha value is -0.170. The van der Waals surface area contributed by atoms with Gasteiger partial charge in [0, 0.05) is 19.7 Å². The lowest BCUT2D eigenvalue weighted by Gasteiger charge is -2.46. The van der Waals surface area contributed by atoms with Crippen molar-refractivity contribution in [3.63, 3.8) is 0 Å². The number of sulfonamides is 1. The topological polar surface area (TPSA) is 66.8 Å². The van der Waals surface area contributed by atoms with Crippen LogP contribution in [0.3, 0.4) is 0 Å². The van der Waals surface area contributed by atoms with Gasteiger partial charge in [-0.3, -0.25) is 0 Å². The van der Waals surface area contributed by atoms with E-state index in [0.29, 0.717) is 13.1 Å². The summed E-state index contributed by atoms with van der Waals surface area (Å²) >= 11 is 0. The maximum absolute atomic E-state index is 12.1. The van der Waals surface area contributed by atoms with Gasteiger partial charge in [0.05, 0.1) is 17.0 Å². The van der Waals surface area contributed by atoms with Gasteiger partial charge in [-0.15, -0.1) is 0 Å². The zero-order valence-electron chi connectivity index (χ0n) is 11.1. The number of nitrogens with zero attached hydrogens (tertiary/aromatic N) is 1. The van der Waals surface area contributed by atoms with Crippen molar-refractivity contribution >= 4 is 10.0 Å². The van der Waals surface area contributed by atoms with Crippen molar-refractivity contribution in [2.75, 3.05) is 25.4 Å². The van der Waals surface area contributed by atoms with Crippen LogP contribution in [0.4, 0.5) is 0 Å². The smallest absolute Gasteiger partial charge is 0.214 e. The quantitative estimate of drug-likeness (QED) is 0.808. The fourth-order valence-electron chi connectivity index (χ4n) is 2.29. The molecule has 1 heterocycles. The van der Waals surface area contributed by atoms with Crippen molar-refractivity contribution in [1.82, 2.24) is 4.31 Å². The van der Waals surface area contributed by atoms with E-state index in [1.807, 2.05) is 27.7 Å². The molecule has 0 atom stereocenters. The van der Waals surface area contributed by atoms with E-state index < -0.39 is 21.2 Å². The lowest BCUT2D eigenvalue weighted by atomic mass is 10.0. The Morgan fingerprint density at radius 3 is 2.06 bits per heavy atom. The highest BCUT2D eigenvalue weighted by atomic mass is 32.2. The summed E-state index contributed by atoms with van der Waals surface area (Å²) in [5, 5.41) is 8.73. The van der Waals surface area contributed by atoms with Crippen molar-refractivity contribution in [3.05, 3.63) is 0 Å². The highest BCUT2D eigenvalue weighted by Gasteiger charge is 2.42. The molecule has 0 unspecified atom stereocenters. The maximum Gasteiger partial charge on any atom is 0.214 e. The molecule has 1 N–H and O–H groups in total. The van der Waals surface area contributed by atoms with Crippen molar-refractivity contribution in [1.29, 1.82) is 0 Å². The normalized spacial score (nSPS) is 24.8. The lowest BCUT2D eigenvalue weighted by Crippen LogP contribution is -2.58. The highest BCUT2D eigenvalue weighted by Crippen LogP contribution is 2.29. The SMILES string of the molecule is CC1(C)CN(S(=O)(=O)CCCO)CC(C)(C)O1. The van der Waals surface area contributed by atoms with Crippen LogP contribution in [0.15, 0.2) is 0 Å². The Kier molecular flexibility index (Phi) is 4.24. The summed E-state index contributed by atoms with van der Waals surface area (Å²) in [4.78, 5) is 0. The molecular formula is C11H23NO4S. The second kappa shape index (κ2) is 4.84. The van der Waals surface area contributed by atoms with Gasteiger partial charge in [0.25, 0.3) is 0 Å². The minimum Gasteiger partial charge on any atom is -0.396 e. The number of rotatable bonds is 4. The van der Waals surface area contributed by atoms with Crippen LogP contribution >= 0.6 is 0 Å². The van der Waals surface area contributed by atoms with Gasteiger partial charge < -0.3 is 9.84 Å². The molecule has 17 heavy (non-hydrogen) atoms. The van der Waals surface area contributed by atoms with Crippen LogP contribution in [-0.4, -0.2) is 54.5 Å². The van der Waals surface area contributed by atoms with E-state index in [1.165, 1.54) is 4.31 Å². The van der Waals surface area contributed by atoms with E-state index in [0.717, 1.165) is 0 Å². The average Bonchev–Trinajstić information content (AvgIpc) is 2.09. The summed E-state index contributed by atoms with van der Waals surface area (Å²) in [6.45, 7) is 8.20. The summed E-state index contributed by atoms with van der Waals surface area (Å²) in [6.07, 6.45) is 0.278. The summed E-state index contributed by atoms with van der Waals surface area (Å²) in [7, 11) is -3.29. The fourth-order valence-corrected chi connectivity index (χ4v) is 4.06. The molecule has 5 nitrogen and oxygen atoms in total. The van der Waals surface area contributed by atoms with Crippen molar-refractivity contribution in [2.24, 2.45) is 0 Å². The summed E-state index contributed by atoms with van der Waals surface area (Å²) in [5.41, 5.74) is -0.956. The van der Waals surface area contributed by atoms with Gasteiger partial charge in [0.2, 0.25) is 10.0 Å². The van der Waals surface area contributed by atoms with Gasteiger partial charge >= 0.3 is 0 Å².